The highest BCUT2D eigenvalue weighted by Gasteiger charge is 2.27. The molecule has 4 aromatic carbocycles. The van der Waals surface area contributed by atoms with Crippen molar-refractivity contribution in [3.8, 4) is 5.75 Å². The van der Waals surface area contributed by atoms with Gasteiger partial charge in [-0.1, -0.05) is 48.5 Å². The highest BCUT2D eigenvalue weighted by molar-refractivity contribution is 5.70. The Morgan fingerprint density at radius 3 is 2.14 bits per heavy atom. The first-order valence-electron chi connectivity index (χ1n) is 11.7. The third kappa shape index (κ3) is 5.52. The number of nitrogens with one attached hydrogen (secondary N) is 2. The summed E-state index contributed by atoms with van der Waals surface area (Å²) in [7, 11) is 0. The van der Waals surface area contributed by atoms with Gasteiger partial charge in [-0.05, 0) is 68.7 Å². The summed E-state index contributed by atoms with van der Waals surface area (Å²) in [5.74, 6) is -1.76. The van der Waals surface area contributed by atoms with Crippen LogP contribution in [-0.2, 0) is 0 Å². The molecule has 7 heteroatoms. The van der Waals surface area contributed by atoms with Gasteiger partial charge in [0.1, 0.15) is 11.3 Å². The molecule has 0 heterocycles. The number of benzene rings is 3. The van der Waals surface area contributed by atoms with Crippen LogP contribution in [0.3, 0.4) is 0 Å². The molecule has 4 rings (SSSR count). The van der Waals surface area contributed by atoms with Crippen molar-refractivity contribution in [3.05, 3.63) is 122 Å². The van der Waals surface area contributed by atoms with E-state index in [2.05, 4.69) is 10.6 Å². The summed E-state index contributed by atoms with van der Waals surface area (Å²) in [5.41, 5.74) is 1.30. The van der Waals surface area contributed by atoms with E-state index in [1.807, 2.05) is 55.5 Å². The van der Waals surface area contributed by atoms with E-state index >= 15 is 0 Å². The zero-order valence-electron chi connectivity index (χ0n) is 20.6. The Kier molecular flexibility index (Phi) is 7.04. The molecule has 0 radical (unpaired) electrons. The lowest BCUT2D eigenvalue weighted by Crippen LogP contribution is -2.39. The van der Waals surface area contributed by atoms with Gasteiger partial charge in [0.05, 0.1) is 6.04 Å². The number of anilines is 2. The van der Waals surface area contributed by atoms with E-state index in [-0.39, 0.29) is 23.5 Å². The Morgan fingerprint density at radius 2 is 1.47 bits per heavy atom. The summed E-state index contributed by atoms with van der Waals surface area (Å²) in [4.78, 5) is 24.3. The molecule has 0 spiro atoms. The SMILES string of the molecule is C[C@@H](NC(c1ccccc1)c1cccc(Nc2c(OC(C)(C)C)c(=O)c2=O)c1)c1ccc(F)c(F)c1. The molecule has 0 aliphatic heterocycles. The predicted octanol–water partition coefficient (Wildman–Crippen LogP) is 5.92. The number of ether oxygens (including phenoxy) is 1. The van der Waals surface area contributed by atoms with Crippen LogP contribution in [0.25, 0.3) is 0 Å². The van der Waals surface area contributed by atoms with Crippen molar-refractivity contribution in [1.29, 1.82) is 0 Å². The molecule has 4 aromatic rings. The van der Waals surface area contributed by atoms with E-state index in [1.54, 1.807) is 32.9 Å². The second kappa shape index (κ2) is 10.0. The molecule has 5 nitrogen and oxygen atoms in total. The second-order valence-electron chi connectivity index (χ2n) is 9.73. The smallest absolute Gasteiger partial charge is 0.272 e. The van der Waals surface area contributed by atoms with Gasteiger partial charge in [0.2, 0.25) is 0 Å². The molecule has 0 saturated carbocycles. The summed E-state index contributed by atoms with van der Waals surface area (Å²) in [6.45, 7) is 7.29. The van der Waals surface area contributed by atoms with E-state index in [4.69, 9.17) is 4.74 Å². The molecule has 0 amide bonds. The zero-order chi connectivity index (χ0) is 26.0. The molecule has 1 unspecified atom stereocenters. The largest absolute Gasteiger partial charge is 0.482 e. The fourth-order valence-electron chi connectivity index (χ4n) is 3.99. The van der Waals surface area contributed by atoms with Crippen molar-refractivity contribution in [1.82, 2.24) is 5.32 Å². The van der Waals surface area contributed by atoms with Gasteiger partial charge in [-0.2, -0.15) is 0 Å². The number of hydrogen-bond donors (Lipinski definition) is 2. The quantitative estimate of drug-likeness (QED) is 0.300. The van der Waals surface area contributed by atoms with Gasteiger partial charge in [0.25, 0.3) is 10.9 Å². The van der Waals surface area contributed by atoms with E-state index < -0.39 is 28.1 Å². The van der Waals surface area contributed by atoms with Gasteiger partial charge in [-0.25, -0.2) is 8.78 Å². The predicted molar refractivity (Wildman–Crippen MR) is 138 cm³/mol. The molecule has 0 aliphatic rings. The second-order valence-corrected chi connectivity index (χ2v) is 9.73. The van der Waals surface area contributed by atoms with Crippen LogP contribution in [0.2, 0.25) is 0 Å². The van der Waals surface area contributed by atoms with Crippen molar-refractivity contribution in [3.63, 3.8) is 0 Å². The molecule has 0 aromatic heterocycles. The average Bonchev–Trinajstić information content (AvgIpc) is 2.86. The van der Waals surface area contributed by atoms with Gasteiger partial charge < -0.3 is 10.1 Å². The Bertz CT molecular complexity index is 1440. The third-order valence-corrected chi connectivity index (χ3v) is 5.76. The highest BCUT2D eigenvalue weighted by atomic mass is 19.2. The highest BCUT2D eigenvalue weighted by Crippen LogP contribution is 2.31. The summed E-state index contributed by atoms with van der Waals surface area (Å²) in [6, 6.07) is 20.4. The van der Waals surface area contributed by atoms with Crippen LogP contribution < -0.4 is 26.2 Å². The summed E-state index contributed by atoms with van der Waals surface area (Å²) >= 11 is 0. The van der Waals surface area contributed by atoms with E-state index in [0.29, 0.717) is 11.3 Å². The van der Waals surface area contributed by atoms with Gasteiger partial charge in [-0.3, -0.25) is 14.9 Å². The van der Waals surface area contributed by atoms with Crippen molar-refractivity contribution in [2.24, 2.45) is 0 Å². The first-order valence-corrected chi connectivity index (χ1v) is 11.7. The standard InChI is InChI=1S/C29H28F2N2O3/c1-17(19-13-14-22(30)23(31)16-19)32-24(18-9-6-5-7-10-18)20-11-8-12-21(15-20)33-25-26(34)27(35)28(25)36-29(2,3)4/h5-17,24,32-33H,1-4H3/t17-,24?/m1/s1. The van der Waals surface area contributed by atoms with Crippen molar-refractivity contribution in [2.45, 2.75) is 45.4 Å². The third-order valence-electron chi connectivity index (χ3n) is 5.76. The van der Waals surface area contributed by atoms with Gasteiger partial charge in [-0.15, -0.1) is 0 Å². The van der Waals surface area contributed by atoms with Crippen molar-refractivity contribution >= 4 is 11.4 Å². The van der Waals surface area contributed by atoms with Crippen LogP contribution in [0.1, 0.15) is 56.5 Å². The molecule has 2 N–H and O–H groups in total. The number of halogens is 2. The topological polar surface area (TPSA) is 67.4 Å². The average molecular weight is 491 g/mol. The minimum Gasteiger partial charge on any atom is -0.482 e. The molecule has 0 fully saturated rings. The molecular weight excluding hydrogens is 462 g/mol. The molecular formula is C29H28F2N2O3. The lowest BCUT2D eigenvalue weighted by molar-refractivity contribution is 0.128. The van der Waals surface area contributed by atoms with Crippen LogP contribution in [0.15, 0.2) is 82.4 Å². The molecule has 0 bridgehead atoms. The maximum absolute atomic E-state index is 13.9. The van der Waals surface area contributed by atoms with E-state index in [9.17, 15) is 18.4 Å². The lowest BCUT2D eigenvalue weighted by Gasteiger charge is -2.26. The van der Waals surface area contributed by atoms with Crippen LogP contribution in [0.5, 0.6) is 5.75 Å². The van der Waals surface area contributed by atoms with Gasteiger partial charge >= 0.3 is 0 Å². The Labute approximate surface area is 208 Å². The fraction of sp³-hybridized carbons (Fsp3) is 0.241. The zero-order valence-corrected chi connectivity index (χ0v) is 20.6. The maximum atomic E-state index is 13.9. The minimum absolute atomic E-state index is 0.0302. The summed E-state index contributed by atoms with van der Waals surface area (Å²) in [5, 5.41) is 6.54. The molecule has 0 saturated heterocycles. The van der Waals surface area contributed by atoms with Crippen LogP contribution in [0, 0.1) is 11.6 Å². The van der Waals surface area contributed by atoms with E-state index in [0.717, 1.165) is 17.2 Å². The maximum Gasteiger partial charge on any atom is 0.272 e. The monoisotopic (exact) mass is 490 g/mol. The Balaban J connectivity index is 1.65. The first kappa shape index (κ1) is 25.3. The van der Waals surface area contributed by atoms with Gasteiger partial charge in [0.15, 0.2) is 17.4 Å². The van der Waals surface area contributed by atoms with Crippen molar-refractivity contribution < 1.29 is 13.5 Å². The number of hydrogen-bond acceptors (Lipinski definition) is 5. The first-order chi connectivity index (χ1) is 17.0. The summed E-state index contributed by atoms with van der Waals surface area (Å²) < 4.78 is 33.0. The minimum atomic E-state index is -0.898. The molecule has 0 aliphatic carbocycles. The summed E-state index contributed by atoms with van der Waals surface area (Å²) in [6.07, 6.45) is 0. The fourth-order valence-corrected chi connectivity index (χ4v) is 3.99. The molecule has 36 heavy (non-hydrogen) atoms. The van der Waals surface area contributed by atoms with E-state index in [1.165, 1.54) is 6.07 Å². The Hall–Kier alpha value is -3.84. The number of rotatable bonds is 8. The van der Waals surface area contributed by atoms with Crippen LogP contribution >= 0.6 is 0 Å². The van der Waals surface area contributed by atoms with Gasteiger partial charge in [0, 0.05) is 11.7 Å². The molecule has 186 valence electrons. The molecule has 2 atom stereocenters. The lowest BCUT2D eigenvalue weighted by atomic mass is 9.96. The van der Waals surface area contributed by atoms with Crippen LogP contribution in [-0.4, -0.2) is 5.60 Å². The Morgan fingerprint density at radius 1 is 0.778 bits per heavy atom. The van der Waals surface area contributed by atoms with Crippen molar-refractivity contribution in [2.75, 3.05) is 5.32 Å². The normalized spacial score (nSPS) is 13.4. The van der Waals surface area contributed by atoms with Crippen LogP contribution in [0.4, 0.5) is 20.2 Å².